The van der Waals surface area contributed by atoms with Gasteiger partial charge in [0.15, 0.2) is 0 Å². The molecule has 0 amide bonds. The van der Waals surface area contributed by atoms with Crippen LogP contribution in [0.25, 0.3) is 0 Å². The molecule has 1 aromatic carbocycles. The number of hydrogen-bond acceptors (Lipinski definition) is 2. The van der Waals surface area contributed by atoms with Crippen molar-refractivity contribution in [2.24, 2.45) is 5.92 Å². The summed E-state index contributed by atoms with van der Waals surface area (Å²) < 4.78 is 0. The highest BCUT2D eigenvalue weighted by molar-refractivity contribution is 6.36. The summed E-state index contributed by atoms with van der Waals surface area (Å²) in [5.74, 6) is 0.215. The predicted octanol–water partition coefficient (Wildman–Crippen LogP) is 3.95. The minimum atomic E-state index is -0.545. The monoisotopic (exact) mass is 299 g/mol. The van der Waals surface area contributed by atoms with Crippen molar-refractivity contribution in [3.05, 3.63) is 33.8 Å². The maximum Gasteiger partial charge on any atom is 0.0706 e. The van der Waals surface area contributed by atoms with Gasteiger partial charge in [-0.1, -0.05) is 42.1 Å². The van der Waals surface area contributed by atoms with E-state index in [0.717, 1.165) is 37.8 Å². The number of benzene rings is 1. The Morgan fingerprint density at radius 2 is 1.89 bits per heavy atom. The van der Waals surface area contributed by atoms with Crippen LogP contribution < -0.4 is 5.32 Å². The normalized spacial score (nSPS) is 34.9. The van der Waals surface area contributed by atoms with E-state index in [2.05, 4.69) is 5.32 Å². The molecule has 3 rings (SSSR count). The van der Waals surface area contributed by atoms with Gasteiger partial charge in [0, 0.05) is 27.6 Å². The number of aliphatic hydroxyl groups is 1. The molecule has 0 unspecified atom stereocenters. The molecule has 4 heteroatoms. The zero-order valence-corrected chi connectivity index (χ0v) is 12.3. The van der Waals surface area contributed by atoms with Crippen molar-refractivity contribution >= 4 is 23.2 Å². The zero-order valence-electron chi connectivity index (χ0n) is 10.8. The number of halogens is 2. The fourth-order valence-electron chi connectivity index (χ4n) is 3.73. The van der Waals surface area contributed by atoms with E-state index in [9.17, 15) is 5.11 Å². The number of piperidine rings is 1. The third-order valence-corrected chi connectivity index (χ3v) is 5.36. The highest BCUT2D eigenvalue weighted by atomic mass is 35.5. The molecule has 0 aromatic heterocycles. The van der Waals surface area contributed by atoms with Crippen molar-refractivity contribution in [1.29, 1.82) is 0 Å². The number of hydrogen-bond donors (Lipinski definition) is 2. The van der Waals surface area contributed by atoms with Gasteiger partial charge >= 0.3 is 0 Å². The summed E-state index contributed by atoms with van der Waals surface area (Å²) in [5.41, 5.74) is 0.410. The van der Waals surface area contributed by atoms with Crippen LogP contribution in [-0.4, -0.2) is 17.3 Å². The molecule has 0 bridgehead atoms. The van der Waals surface area contributed by atoms with Crippen LogP contribution in [0.3, 0.4) is 0 Å². The summed E-state index contributed by atoms with van der Waals surface area (Å²) in [7, 11) is 0. The second-order valence-electron chi connectivity index (χ2n) is 5.77. The van der Waals surface area contributed by atoms with Crippen molar-refractivity contribution < 1.29 is 5.11 Å². The lowest BCUT2D eigenvalue weighted by Gasteiger charge is -2.48. The van der Waals surface area contributed by atoms with E-state index in [-0.39, 0.29) is 12.0 Å². The standard InChI is InChI=1S/C15H19Cl2NO/c16-11-5-3-6-12(17)13(11)14-10-4-1-2-7-15(10,19)8-9-18-14/h3,5-6,10,14,18-19H,1-2,4,7-9H2/t10-,14+,15+/m1/s1. The van der Waals surface area contributed by atoms with Gasteiger partial charge in [-0.05, 0) is 37.9 Å². The molecule has 1 heterocycles. The summed E-state index contributed by atoms with van der Waals surface area (Å²) in [4.78, 5) is 0. The molecule has 1 saturated heterocycles. The van der Waals surface area contributed by atoms with E-state index < -0.39 is 5.60 Å². The molecule has 2 aliphatic rings. The molecule has 0 spiro atoms. The molecule has 104 valence electrons. The summed E-state index contributed by atoms with van der Waals surface area (Å²) in [6.45, 7) is 0.819. The third-order valence-electron chi connectivity index (χ3n) is 4.70. The van der Waals surface area contributed by atoms with Crippen molar-refractivity contribution in [3.63, 3.8) is 0 Å². The maximum atomic E-state index is 10.9. The number of rotatable bonds is 1. The average molecular weight is 300 g/mol. The predicted molar refractivity (Wildman–Crippen MR) is 78.7 cm³/mol. The van der Waals surface area contributed by atoms with Crippen molar-refractivity contribution in [2.75, 3.05) is 6.54 Å². The Kier molecular flexibility index (Phi) is 3.78. The first-order valence-electron chi connectivity index (χ1n) is 7.01. The summed E-state index contributed by atoms with van der Waals surface area (Å²) in [6.07, 6.45) is 5.06. The zero-order chi connectivity index (χ0) is 13.5. The Morgan fingerprint density at radius 3 is 2.63 bits per heavy atom. The largest absolute Gasteiger partial charge is 0.389 e. The Balaban J connectivity index is 1.99. The Hall–Kier alpha value is -0.280. The summed E-state index contributed by atoms with van der Waals surface area (Å²) in [5, 5.41) is 15.8. The molecule has 2 N–H and O–H groups in total. The van der Waals surface area contributed by atoms with E-state index in [1.54, 1.807) is 0 Å². The second kappa shape index (κ2) is 5.25. The fourth-order valence-corrected chi connectivity index (χ4v) is 4.37. The van der Waals surface area contributed by atoms with Gasteiger partial charge in [0.25, 0.3) is 0 Å². The molecule has 2 nitrogen and oxygen atoms in total. The van der Waals surface area contributed by atoms with Crippen molar-refractivity contribution in [1.82, 2.24) is 5.32 Å². The van der Waals surface area contributed by atoms with Crippen LogP contribution in [-0.2, 0) is 0 Å². The molecule has 19 heavy (non-hydrogen) atoms. The lowest BCUT2D eigenvalue weighted by molar-refractivity contribution is -0.0861. The minimum absolute atomic E-state index is 0.0697. The quantitative estimate of drug-likeness (QED) is 0.823. The smallest absolute Gasteiger partial charge is 0.0706 e. The molecule has 3 atom stereocenters. The molecule has 1 aliphatic heterocycles. The molecular weight excluding hydrogens is 281 g/mol. The van der Waals surface area contributed by atoms with E-state index in [1.165, 1.54) is 6.42 Å². The van der Waals surface area contributed by atoms with Gasteiger partial charge in [0.2, 0.25) is 0 Å². The molecule has 0 radical (unpaired) electrons. The Morgan fingerprint density at radius 1 is 1.16 bits per heavy atom. The summed E-state index contributed by atoms with van der Waals surface area (Å²) >= 11 is 12.7. The number of nitrogens with one attached hydrogen (secondary N) is 1. The maximum absolute atomic E-state index is 10.9. The molecule has 1 saturated carbocycles. The van der Waals surface area contributed by atoms with Gasteiger partial charge in [-0.3, -0.25) is 0 Å². The van der Waals surface area contributed by atoms with E-state index in [4.69, 9.17) is 23.2 Å². The van der Waals surface area contributed by atoms with Gasteiger partial charge in [-0.15, -0.1) is 0 Å². The van der Waals surface area contributed by atoms with Crippen molar-refractivity contribution in [2.45, 2.75) is 43.7 Å². The number of fused-ring (bicyclic) bond motifs is 1. The topological polar surface area (TPSA) is 32.3 Å². The van der Waals surface area contributed by atoms with Crippen LogP contribution in [0.1, 0.15) is 43.7 Å². The SMILES string of the molecule is O[C@]12CCCC[C@@H]1[C@@H](c1c(Cl)cccc1Cl)NCC2. The van der Waals surface area contributed by atoms with E-state index >= 15 is 0 Å². The van der Waals surface area contributed by atoms with Crippen LogP contribution in [0.15, 0.2) is 18.2 Å². The second-order valence-corrected chi connectivity index (χ2v) is 6.59. The highest BCUT2D eigenvalue weighted by Gasteiger charge is 2.46. The van der Waals surface area contributed by atoms with E-state index in [0.29, 0.717) is 10.0 Å². The third kappa shape index (κ3) is 2.40. The first-order chi connectivity index (χ1) is 9.12. The molecule has 1 aromatic rings. The molecule has 1 aliphatic carbocycles. The average Bonchev–Trinajstić information content (AvgIpc) is 2.38. The Bertz CT molecular complexity index is 455. The van der Waals surface area contributed by atoms with Crippen LogP contribution in [0.5, 0.6) is 0 Å². The van der Waals surface area contributed by atoms with Crippen LogP contribution >= 0.6 is 23.2 Å². The first-order valence-corrected chi connectivity index (χ1v) is 7.77. The van der Waals surface area contributed by atoms with Gasteiger partial charge in [0.05, 0.1) is 5.60 Å². The van der Waals surface area contributed by atoms with E-state index in [1.807, 2.05) is 18.2 Å². The minimum Gasteiger partial charge on any atom is -0.389 e. The van der Waals surface area contributed by atoms with Crippen LogP contribution in [0, 0.1) is 5.92 Å². The summed E-state index contributed by atoms with van der Waals surface area (Å²) in [6, 6.07) is 5.69. The Labute approximate surface area is 124 Å². The lowest BCUT2D eigenvalue weighted by Crippen LogP contribution is -2.53. The van der Waals surface area contributed by atoms with Gasteiger partial charge in [0.1, 0.15) is 0 Å². The van der Waals surface area contributed by atoms with Gasteiger partial charge in [-0.2, -0.15) is 0 Å². The highest BCUT2D eigenvalue weighted by Crippen LogP contribution is 2.48. The first kappa shape index (κ1) is 13.7. The lowest BCUT2D eigenvalue weighted by atomic mass is 9.67. The van der Waals surface area contributed by atoms with Gasteiger partial charge in [-0.25, -0.2) is 0 Å². The molecular formula is C15H19Cl2NO. The van der Waals surface area contributed by atoms with Crippen molar-refractivity contribution in [3.8, 4) is 0 Å². The van der Waals surface area contributed by atoms with Gasteiger partial charge < -0.3 is 10.4 Å². The fraction of sp³-hybridized carbons (Fsp3) is 0.600. The molecule has 2 fully saturated rings. The van der Waals surface area contributed by atoms with Crippen LogP contribution in [0.4, 0.5) is 0 Å². The van der Waals surface area contributed by atoms with Crippen LogP contribution in [0.2, 0.25) is 10.0 Å².